The van der Waals surface area contributed by atoms with Gasteiger partial charge < -0.3 is 9.73 Å². The average molecular weight is 306 g/mol. The second-order valence-corrected chi connectivity index (χ2v) is 5.36. The van der Waals surface area contributed by atoms with Crippen LogP contribution in [0.25, 0.3) is 11.1 Å². The summed E-state index contributed by atoms with van der Waals surface area (Å²) in [6, 6.07) is 17.6. The van der Waals surface area contributed by atoms with Crippen LogP contribution in [0.3, 0.4) is 0 Å². The summed E-state index contributed by atoms with van der Waals surface area (Å²) in [7, 11) is 0. The molecule has 0 aliphatic heterocycles. The molecule has 0 saturated carbocycles. The second-order valence-electron chi connectivity index (χ2n) is 5.36. The average Bonchev–Trinajstić information content (AvgIpc) is 3.00. The molecule has 2 heterocycles. The predicted molar refractivity (Wildman–Crippen MR) is 90.1 cm³/mol. The molecule has 116 valence electrons. The Balaban J connectivity index is 1.56. The number of anilines is 1. The molecule has 1 N–H and O–H groups in total. The van der Waals surface area contributed by atoms with Crippen molar-refractivity contribution in [2.24, 2.45) is 0 Å². The van der Waals surface area contributed by atoms with Gasteiger partial charge in [0.1, 0.15) is 17.3 Å². The van der Waals surface area contributed by atoms with Crippen LogP contribution in [0.1, 0.15) is 17.9 Å². The van der Waals surface area contributed by atoms with Gasteiger partial charge in [-0.25, -0.2) is 4.98 Å². The summed E-state index contributed by atoms with van der Waals surface area (Å²) in [6.45, 7) is 1.89. The molecule has 3 aromatic rings. The Labute approximate surface area is 135 Å². The molecular formula is C19H18N2O2. The highest BCUT2D eigenvalue weighted by Crippen LogP contribution is 2.19. The number of carbonyl (C=O) groups is 1. The van der Waals surface area contributed by atoms with Crippen molar-refractivity contribution >= 4 is 11.7 Å². The van der Waals surface area contributed by atoms with Gasteiger partial charge in [-0.3, -0.25) is 4.79 Å². The van der Waals surface area contributed by atoms with Gasteiger partial charge in [0.25, 0.3) is 0 Å². The molecule has 0 saturated heterocycles. The van der Waals surface area contributed by atoms with Crippen LogP contribution in [-0.2, 0) is 11.2 Å². The van der Waals surface area contributed by atoms with E-state index in [9.17, 15) is 4.79 Å². The second kappa shape index (κ2) is 6.92. The minimum Gasteiger partial charge on any atom is -0.466 e. The molecule has 0 aliphatic carbocycles. The third kappa shape index (κ3) is 4.07. The van der Waals surface area contributed by atoms with E-state index in [1.165, 1.54) is 0 Å². The Morgan fingerprint density at radius 3 is 2.52 bits per heavy atom. The topological polar surface area (TPSA) is 55.1 Å². The van der Waals surface area contributed by atoms with Gasteiger partial charge in [-0.1, -0.05) is 30.3 Å². The Hall–Kier alpha value is -2.88. The number of rotatable bonds is 5. The molecule has 1 aromatic carbocycles. The first-order valence-electron chi connectivity index (χ1n) is 7.57. The Bertz CT molecular complexity index is 777. The van der Waals surface area contributed by atoms with Crippen LogP contribution in [0.4, 0.5) is 5.82 Å². The number of aryl methyl sites for hydroxylation is 2. The Morgan fingerprint density at radius 1 is 1.04 bits per heavy atom. The quantitative estimate of drug-likeness (QED) is 0.767. The predicted octanol–water partition coefficient (Wildman–Crippen LogP) is 4.22. The number of amides is 1. The fourth-order valence-corrected chi connectivity index (χ4v) is 2.33. The maximum atomic E-state index is 12.0. The van der Waals surface area contributed by atoms with E-state index in [1.807, 2.05) is 61.5 Å². The number of hydrogen-bond donors (Lipinski definition) is 1. The SMILES string of the molecule is Cc1ccc(CCC(=O)Nc2ccc(-c3ccccc3)cn2)o1. The number of carbonyl (C=O) groups excluding carboxylic acids is 1. The smallest absolute Gasteiger partial charge is 0.225 e. The van der Waals surface area contributed by atoms with Crippen molar-refractivity contribution in [3.63, 3.8) is 0 Å². The highest BCUT2D eigenvalue weighted by atomic mass is 16.3. The summed E-state index contributed by atoms with van der Waals surface area (Å²) in [4.78, 5) is 16.3. The Morgan fingerprint density at radius 2 is 1.87 bits per heavy atom. The van der Waals surface area contributed by atoms with Crippen LogP contribution in [0, 0.1) is 6.92 Å². The molecule has 1 amide bonds. The third-order valence-corrected chi connectivity index (χ3v) is 3.53. The van der Waals surface area contributed by atoms with Gasteiger partial charge in [-0.15, -0.1) is 0 Å². The van der Waals surface area contributed by atoms with E-state index in [1.54, 1.807) is 6.20 Å². The van der Waals surface area contributed by atoms with Crippen molar-refractivity contribution in [3.05, 3.63) is 72.3 Å². The standard InChI is InChI=1S/C19H18N2O2/c1-14-7-9-17(23-14)10-12-19(22)21-18-11-8-16(13-20-18)15-5-3-2-4-6-15/h2-9,11,13H,10,12H2,1H3,(H,20,21,22). The summed E-state index contributed by atoms with van der Waals surface area (Å²) in [6.07, 6.45) is 2.72. The lowest BCUT2D eigenvalue weighted by molar-refractivity contribution is -0.116. The first-order chi connectivity index (χ1) is 11.2. The highest BCUT2D eigenvalue weighted by Gasteiger charge is 2.06. The van der Waals surface area contributed by atoms with Gasteiger partial charge in [-0.2, -0.15) is 0 Å². The van der Waals surface area contributed by atoms with E-state index in [-0.39, 0.29) is 5.91 Å². The fraction of sp³-hybridized carbons (Fsp3) is 0.158. The zero-order chi connectivity index (χ0) is 16.1. The van der Waals surface area contributed by atoms with Crippen LogP contribution >= 0.6 is 0 Å². The lowest BCUT2D eigenvalue weighted by Gasteiger charge is -2.05. The molecule has 4 nitrogen and oxygen atoms in total. The van der Waals surface area contributed by atoms with E-state index < -0.39 is 0 Å². The summed E-state index contributed by atoms with van der Waals surface area (Å²) < 4.78 is 5.45. The number of pyridine rings is 1. The van der Waals surface area contributed by atoms with Gasteiger partial charge in [0.15, 0.2) is 0 Å². The van der Waals surface area contributed by atoms with E-state index in [2.05, 4.69) is 10.3 Å². The molecular weight excluding hydrogens is 288 g/mol. The van der Waals surface area contributed by atoms with Gasteiger partial charge >= 0.3 is 0 Å². The lowest BCUT2D eigenvalue weighted by atomic mass is 10.1. The van der Waals surface area contributed by atoms with Crippen molar-refractivity contribution < 1.29 is 9.21 Å². The molecule has 0 unspecified atom stereocenters. The van der Waals surface area contributed by atoms with Crippen LogP contribution in [0.15, 0.2) is 65.2 Å². The van der Waals surface area contributed by atoms with E-state index in [0.717, 1.165) is 22.6 Å². The zero-order valence-corrected chi connectivity index (χ0v) is 13.0. The van der Waals surface area contributed by atoms with Gasteiger partial charge in [0.05, 0.1) is 0 Å². The Kier molecular flexibility index (Phi) is 4.52. The largest absolute Gasteiger partial charge is 0.466 e. The fourth-order valence-electron chi connectivity index (χ4n) is 2.33. The maximum absolute atomic E-state index is 12.0. The summed E-state index contributed by atoms with van der Waals surface area (Å²) in [5, 5.41) is 2.81. The summed E-state index contributed by atoms with van der Waals surface area (Å²) in [5.41, 5.74) is 2.13. The van der Waals surface area contributed by atoms with Gasteiger partial charge in [-0.05, 0) is 36.8 Å². The molecule has 0 fully saturated rings. The zero-order valence-electron chi connectivity index (χ0n) is 13.0. The van der Waals surface area contributed by atoms with Crippen molar-refractivity contribution in [2.75, 3.05) is 5.32 Å². The van der Waals surface area contributed by atoms with Gasteiger partial charge in [0, 0.05) is 24.6 Å². The van der Waals surface area contributed by atoms with Crippen molar-refractivity contribution in [1.29, 1.82) is 0 Å². The normalized spacial score (nSPS) is 10.5. The molecule has 0 spiro atoms. The summed E-state index contributed by atoms with van der Waals surface area (Å²) >= 11 is 0. The van der Waals surface area contributed by atoms with Crippen molar-refractivity contribution in [1.82, 2.24) is 4.98 Å². The van der Waals surface area contributed by atoms with E-state index >= 15 is 0 Å². The maximum Gasteiger partial charge on any atom is 0.225 e. The van der Waals surface area contributed by atoms with Gasteiger partial charge in [0.2, 0.25) is 5.91 Å². The molecule has 3 rings (SSSR count). The number of benzene rings is 1. The first-order valence-corrected chi connectivity index (χ1v) is 7.57. The molecule has 0 atom stereocenters. The lowest BCUT2D eigenvalue weighted by Crippen LogP contribution is -2.13. The molecule has 23 heavy (non-hydrogen) atoms. The first kappa shape index (κ1) is 15.0. The minimum atomic E-state index is -0.0704. The highest BCUT2D eigenvalue weighted by molar-refractivity contribution is 5.90. The molecule has 0 radical (unpaired) electrons. The number of aromatic nitrogens is 1. The van der Waals surface area contributed by atoms with Crippen LogP contribution in [0.2, 0.25) is 0 Å². The van der Waals surface area contributed by atoms with Crippen LogP contribution in [0.5, 0.6) is 0 Å². The van der Waals surface area contributed by atoms with Crippen molar-refractivity contribution in [3.8, 4) is 11.1 Å². The number of hydrogen-bond acceptors (Lipinski definition) is 3. The van der Waals surface area contributed by atoms with Crippen molar-refractivity contribution in [2.45, 2.75) is 19.8 Å². The molecule has 0 bridgehead atoms. The molecule has 4 heteroatoms. The molecule has 0 aliphatic rings. The van der Waals surface area contributed by atoms with Crippen LogP contribution < -0.4 is 5.32 Å². The van der Waals surface area contributed by atoms with E-state index in [0.29, 0.717) is 18.7 Å². The third-order valence-electron chi connectivity index (χ3n) is 3.53. The summed E-state index contributed by atoms with van der Waals surface area (Å²) in [5.74, 6) is 2.17. The number of furan rings is 1. The number of nitrogens with one attached hydrogen (secondary N) is 1. The minimum absolute atomic E-state index is 0.0704. The van der Waals surface area contributed by atoms with Crippen LogP contribution in [-0.4, -0.2) is 10.9 Å². The monoisotopic (exact) mass is 306 g/mol. The number of nitrogens with zero attached hydrogens (tertiary/aromatic N) is 1. The van der Waals surface area contributed by atoms with E-state index in [4.69, 9.17) is 4.42 Å². The molecule has 2 aromatic heterocycles.